The molecule has 0 saturated carbocycles. The van der Waals surface area contributed by atoms with Crippen molar-refractivity contribution in [3.8, 4) is 23.0 Å². The van der Waals surface area contributed by atoms with Gasteiger partial charge in [0, 0.05) is 22.8 Å². The monoisotopic (exact) mass is 400 g/mol. The predicted octanol–water partition coefficient (Wildman–Crippen LogP) is 3.78. The van der Waals surface area contributed by atoms with E-state index in [1.165, 1.54) is 14.2 Å². The third-order valence-electron chi connectivity index (χ3n) is 4.94. The number of rotatable bonds is 9. The molecule has 0 fully saturated rings. The highest BCUT2D eigenvalue weighted by atomic mass is 16.5. The third kappa shape index (κ3) is 4.45. The number of nitrogens with zero attached hydrogens (tertiary/aromatic N) is 1. The fraction of sp³-hybridized carbons (Fsp3) is 0.364. The van der Waals surface area contributed by atoms with Crippen LogP contribution in [0.2, 0.25) is 0 Å². The lowest BCUT2D eigenvalue weighted by Gasteiger charge is -2.20. The number of hydrogen-bond donors (Lipinski definition) is 1. The van der Waals surface area contributed by atoms with E-state index in [9.17, 15) is 4.79 Å². The second kappa shape index (κ2) is 9.82. The Balaban J connectivity index is 2.67. The van der Waals surface area contributed by atoms with E-state index in [2.05, 4.69) is 5.10 Å². The number of methoxy groups -OCH3 is 4. The van der Waals surface area contributed by atoms with Gasteiger partial charge in [-0.2, -0.15) is 5.10 Å². The minimum atomic E-state index is -0.179. The average molecular weight is 400 g/mol. The predicted molar refractivity (Wildman–Crippen MR) is 113 cm³/mol. The van der Waals surface area contributed by atoms with Crippen LogP contribution in [0.5, 0.6) is 23.0 Å². The van der Waals surface area contributed by atoms with E-state index < -0.39 is 0 Å². The summed E-state index contributed by atoms with van der Waals surface area (Å²) in [7, 11) is 6.16. The molecule has 156 valence electrons. The Bertz CT molecular complexity index is 908. The van der Waals surface area contributed by atoms with Crippen LogP contribution in [0.25, 0.3) is 0 Å². The molecular formula is C22H28N2O5. The summed E-state index contributed by atoms with van der Waals surface area (Å²) in [6, 6.07) is 8.55. The summed E-state index contributed by atoms with van der Waals surface area (Å²) in [5.74, 6) is 7.24. The molecule has 2 aromatic rings. The Hall–Kier alpha value is -3.22. The zero-order chi connectivity index (χ0) is 21.6. The van der Waals surface area contributed by atoms with Gasteiger partial charge in [0.25, 0.3) is 0 Å². The number of ketones is 1. The summed E-state index contributed by atoms with van der Waals surface area (Å²) in [5, 5.41) is 3.90. The molecule has 1 atom stereocenters. The second-order valence-corrected chi connectivity index (χ2v) is 6.39. The van der Waals surface area contributed by atoms with Crippen molar-refractivity contribution >= 4 is 11.5 Å². The maximum Gasteiger partial charge on any atom is 0.193 e. The van der Waals surface area contributed by atoms with E-state index in [1.807, 2.05) is 13.8 Å². The highest BCUT2D eigenvalue weighted by Crippen LogP contribution is 2.37. The molecule has 0 aliphatic carbocycles. The summed E-state index contributed by atoms with van der Waals surface area (Å²) in [6.07, 6.45) is 0.663. The first-order valence-corrected chi connectivity index (χ1v) is 9.24. The normalized spacial score (nSPS) is 12.3. The van der Waals surface area contributed by atoms with Crippen molar-refractivity contribution in [2.75, 3.05) is 28.4 Å². The highest BCUT2D eigenvalue weighted by Gasteiger charge is 2.24. The molecule has 2 rings (SSSR count). The van der Waals surface area contributed by atoms with Crippen LogP contribution in [-0.2, 0) is 0 Å². The Morgan fingerprint density at radius 2 is 1.48 bits per heavy atom. The fourth-order valence-corrected chi connectivity index (χ4v) is 3.27. The largest absolute Gasteiger partial charge is 0.493 e. The molecule has 7 heteroatoms. The van der Waals surface area contributed by atoms with Gasteiger partial charge >= 0.3 is 0 Å². The first kappa shape index (κ1) is 22.1. The summed E-state index contributed by atoms with van der Waals surface area (Å²) in [4.78, 5) is 13.4. The second-order valence-electron chi connectivity index (χ2n) is 6.39. The molecule has 0 amide bonds. The number of carbonyl (C=O) groups excluding carboxylic acids is 1. The first-order valence-electron chi connectivity index (χ1n) is 9.24. The standard InChI is InChI=1S/C22H28N2O5/c1-7-17(24-23)13(2)15-11-20(28-5)21(29-6)12-16(15)22(25)14-8-9-18(26-3)19(10-14)27-4/h8-13H,7,23H2,1-6H3/b24-17-. The molecule has 0 spiro atoms. The molecular weight excluding hydrogens is 372 g/mol. The zero-order valence-electron chi connectivity index (χ0n) is 17.7. The van der Waals surface area contributed by atoms with E-state index in [-0.39, 0.29) is 11.7 Å². The molecule has 0 saturated heterocycles. The minimum absolute atomic E-state index is 0.177. The molecule has 0 aliphatic heterocycles. The first-order chi connectivity index (χ1) is 13.9. The average Bonchev–Trinajstić information content (AvgIpc) is 2.77. The van der Waals surface area contributed by atoms with Gasteiger partial charge < -0.3 is 24.8 Å². The SMILES string of the molecule is CC/C(=N/N)C(C)c1cc(OC)c(OC)cc1C(=O)c1ccc(OC)c(OC)c1. The Morgan fingerprint density at radius 1 is 0.931 bits per heavy atom. The number of nitrogens with two attached hydrogens (primary N) is 1. The van der Waals surface area contributed by atoms with Crippen LogP contribution in [-0.4, -0.2) is 39.9 Å². The van der Waals surface area contributed by atoms with Gasteiger partial charge in [-0.15, -0.1) is 0 Å². The van der Waals surface area contributed by atoms with E-state index in [0.29, 0.717) is 40.5 Å². The van der Waals surface area contributed by atoms with Crippen molar-refractivity contribution in [3.63, 3.8) is 0 Å². The summed E-state index contributed by atoms with van der Waals surface area (Å²) >= 11 is 0. The zero-order valence-corrected chi connectivity index (χ0v) is 17.7. The van der Waals surface area contributed by atoms with Crippen molar-refractivity contribution in [1.29, 1.82) is 0 Å². The fourth-order valence-electron chi connectivity index (χ4n) is 3.27. The van der Waals surface area contributed by atoms with Gasteiger partial charge in [0.05, 0.1) is 28.4 Å². The highest BCUT2D eigenvalue weighted by molar-refractivity contribution is 6.11. The molecule has 0 radical (unpaired) electrons. The van der Waals surface area contributed by atoms with E-state index in [0.717, 1.165) is 11.3 Å². The number of hydrazone groups is 1. The van der Waals surface area contributed by atoms with E-state index in [4.69, 9.17) is 24.8 Å². The smallest absolute Gasteiger partial charge is 0.193 e. The lowest BCUT2D eigenvalue weighted by molar-refractivity contribution is 0.103. The molecule has 0 heterocycles. The Kier molecular flexibility index (Phi) is 7.47. The van der Waals surface area contributed by atoms with Gasteiger partial charge in [0.15, 0.2) is 28.8 Å². The van der Waals surface area contributed by atoms with Crippen LogP contribution in [0, 0.1) is 0 Å². The number of benzene rings is 2. The Labute approximate surface area is 171 Å². The number of carbonyl (C=O) groups is 1. The van der Waals surface area contributed by atoms with Gasteiger partial charge in [-0.1, -0.05) is 13.8 Å². The lowest BCUT2D eigenvalue weighted by atomic mass is 9.87. The molecule has 0 aromatic heterocycles. The molecule has 7 nitrogen and oxygen atoms in total. The van der Waals surface area contributed by atoms with Crippen molar-refractivity contribution in [1.82, 2.24) is 0 Å². The maximum absolute atomic E-state index is 13.4. The van der Waals surface area contributed by atoms with Crippen molar-refractivity contribution < 1.29 is 23.7 Å². The minimum Gasteiger partial charge on any atom is -0.493 e. The molecule has 1 unspecified atom stereocenters. The third-order valence-corrected chi connectivity index (χ3v) is 4.94. The molecule has 0 aliphatic rings. The number of ether oxygens (including phenoxy) is 4. The van der Waals surface area contributed by atoms with Crippen LogP contribution in [0.1, 0.15) is 47.7 Å². The topological polar surface area (TPSA) is 92.4 Å². The molecule has 29 heavy (non-hydrogen) atoms. The molecule has 0 bridgehead atoms. The van der Waals surface area contributed by atoms with Gasteiger partial charge in [0.2, 0.25) is 0 Å². The maximum atomic E-state index is 13.4. The van der Waals surface area contributed by atoms with Crippen LogP contribution in [0.3, 0.4) is 0 Å². The van der Waals surface area contributed by atoms with Crippen LogP contribution in [0.15, 0.2) is 35.4 Å². The van der Waals surface area contributed by atoms with Crippen LogP contribution >= 0.6 is 0 Å². The van der Waals surface area contributed by atoms with Gasteiger partial charge in [-0.25, -0.2) is 0 Å². The molecule has 2 N–H and O–H groups in total. The Morgan fingerprint density at radius 3 is 2.00 bits per heavy atom. The van der Waals surface area contributed by atoms with Crippen LogP contribution in [0.4, 0.5) is 0 Å². The lowest BCUT2D eigenvalue weighted by Crippen LogP contribution is -2.16. The van der Waals surface area contributed by atoms with Gasteiger partial charge in [-0.05, 0) is 42.3 Å². The van der Waals surface area contributed by atoms with Gasteiger partial charge in [0.1, 0.15) is 0 Å². The molecule has 2 aromatic carbocycles. The van der Waals surface area contributed by atoms with Crippen molar-refractivity contribution in [3.05, 3.63) is 47.0 Å². The number of hydrogen-bond acceptors (Lipinski definition) is 7. The quantitative estimate of drug-likeness (QED) is 0.298. The van der Waals surface area contributed by atoms with Crippen LogP contribution < -0.4 is 24.8 Å². The van der Waals surface area contributed by atoms with Gasteiger partial charge in [-0.3, -0.25) is 4.79 Å². The summed E-state index contributed by atoms with van der Waals surface area (Å²) < 4.78 is 21.5. The van der Waals surface area contributed by atoms with Crippen molar-refractivity contribution in [2.24, 2.45) is 10.9 Å². The summed E-state index contributed by atoms with van der Waals surface area (Å²) in [6.45, 7) is 3.93. The summed E-state index contributed by atoms with van der Waals surface area (Å²) in [5.41, 5.74) is 2.48. The van der Waals surface area contributed by atoms with E-state index in [1.54, 1.807) is 44.6 Å². The van der Waals surface area contributed by atoms with Crippen molar-refractivity contribution in [2.45, 2.75) is 26.2 Å². The van der Waals surface area contributed by atoms with E-state index >= 15 is 0 Å².